The Morgan fingerprint density at radius 2 is 1.90 bits per heavy atom. The fraction of sp³-hybridized carbons (Fsp3) is 0.333. The van der Waals surface area contributed by atoms with Crippen molar-refractivity contribution in [3.63, 3.8) is 0 Å². The van der Waals surface area contributed by atoms with E-state index < -0.39 is 0 Å². The Balaban J connectivity index is 2.30. The highest BCUT2D eigenvalue weighted by Gasteiger charge is 2.17. The molecule has 0 aliphatic heterocycles. The van der Waals surface area contributed by atoms with Gasteiger partial charge in [-0.1, -0.05) is 48.9 Å². The summed E-state index contributed by atoms with van der Waals surface area (Å²) in [7, 11) is 0. The van der Waals surface area contributed by atoms with Gasteiger partial charge in [-0.3, -0.25) is 0 Å². The summed E-state index contributed by atoms with van der Waals surface area (Å²) in [5.74, 6) is -0.325. The average Bonchev–Trinajstić information content (AvgIpc) is 2.45. The fourth-order valence-corrected chi connectivity index (χ4v) is 2.68. The molecule has 0 aliphatic carbocycles. The van der Waals surface area contributed by atoms with Crippen LogP contribution in [0.1, 0.15) is 35.2 Å². The maximum Gasteiger partial charge on any atom is 0.146 e. The Labute approximate surface area is 131 Å². The molecule has 1 unspecified atom stereocenters. The van der Waals surface area contributed by atoms with Crippen LogP contribution in [0.5, 0.6) is 0 Å². The van der Waals surface area contributed by atoms with Crippen LogP contribution in [-0.4, -0.2) is 6.54 Å². The molecule has 1 nitrogen and oxygen atoms in total. The molecule has 0 saturated carbocycles. The SMILES string of the molecule is CCNC(Cc1ccc(C)c(C)c1)c1cccc(Cl)c1F. The third-order valence-corrected chi connectivity index (χ3v) is 4.11. The number of benzene rings is 2. The van der Waals surface area contributed by atoms with Gasteiger partial charge in [0.05, 0.1) is 5.02 Å². The largest absolute Gasteiger partial charge is 0.310 e. The van der Waals surface area contributed by atoms with Crippen LogP contribution in [0.4, 0.5) is 4.39 Å². The van der Waals surface area contributed by atoms with Crippen molar-refractivity contribution in [2.75, 3.05) is 6.54 Å². The number of aryl methyl sites for hydroxylation is 2. The second-order valence-corrected chi connectivity index (χ2v) is 5.78. The third kappa shape index (κ3) is 3.84. The van der Waals surface area contributed by atoms with Crippen LogP contribution in [0, 0.1) is 19.7 Å². The minimum atomic E-state index is -0.325. The summed E-state index contributed by atoms with van der Waals surface area (Å²) in [6, 6.07) is 11.5. The van der Waals surface area contributed by atoms with Gasteiger partial charge in [0.2, 0.25) is 0 Å². The lowest BCUT2D eigenvalue weighted by Gasteiger charge is -2.20. The van der Waals surface area contributed by atoms with E-state index in [0.29, 0.717) is 5.56 Å². The zero-order valence-electron chi connectivity index (χ0n) is 12.7. The van der Waals surface area contributed by atoms with Crippen LogP contribution in [0.2, 0.25) is 5.02 Å². The molecule has 21 heavy (non-hydrogen) atoms. The van der Waals surface area contributed by atoms with Gasteiger partial charge < -0.3 is 5.32 Å². The van der Waals surface area contributed by atoms with Crippen LogP contribution in [-0.2, 0) is 6.42 Å². The predicted octanol–water partition coefficient (Wildman–Crippen LogP) is 4.99. The minimum Gasteiger partial charge on any atom is -0.310 e. The van der Waals surface area contributed by atoms with Gasteiger partial charge in [0.15, 0.2) is 0 Å². The van der Waals surface area contributed by atoms with Crippen molar-refractivity contribution in [1.29, 1.82) is 0 Å². The second kappa shape index (κ2) is 7.06. The van der Waals surface area contributed by atoms with Crippen LogP contribution in [0.15, 0.2) is 36.4 Å². The number of halogens is 2. The quantitative estimate of drug-likeness (QED) is 0.820. The number of nitrogens with one attached hydrogen (secondary N) is 1. The minimum absolute atomic E-state index is 0.0733. The molecule has 0 spiro atoms. The number of hydrogen-bond donors (Lipinski definition) is 1. The first-order valence-corrected chi connectivity index (χ1v) is 7.64. The molecule has 1 N–H and O–H groups in total. The van der Waals surface area contributed by atoms with Crippen LogP contribution in [0.3, 0.4) is 0 Å². The summed E-state index contributed by atoms with van der Waals surface area (Å²) in [4.78, 5) is 0. The van der Waals surface area contributed by atoms with Crippen molar-refractivity contribution in [1.82, 2.24) is 5.32 Å². The van der Waals surface area contributed by atoms with Crippen molar-refractivity contribution in [3.05, 3.63) is 69.5 Å². The van der Waals surface area contributed by atoms with Crippen molar-refractivity contribution < 1.29 is 4.39 Å². The molecule has 2 rings (SSSR count). The van der Waals surface area contributed by atoms with E-state index in [0.717, 1.165) is 13.0 Å². The number of likely N-dealkylation sites (N-methyl/N-ethyl adjacent to an activating group) is 1. The molecule has 0 radical (unpaired) electrons. The first kappa shape index (κ1) is 16.0. The maximum atomic E-state index is 14.2. The van der Waals surface area contributed by atoms with Gasteiger partial charge in [-0.05, 0) is 49.6 Å². The molecule has 0 amide bonds. The average molecular weight is 306 g/mol. The van der Waals surface area contributed by atoms with Crippen molar-refractivity contribution >= 4 is 11.6 Å². The van der Waals surface area contributed by atoms with Gasteiger partial charge in [0.1, 0.15) is 5.82 Å². The predicted molar refractivity (Wildman–Crippen MR) is 87.4 cm³/mol. The van der Waals surface area contributed by atoms with E-state index in [1.54, 1.807) is 18.2 Å². The molecule has 0 heterocycles. The lowest BCUT2D eigenvalue weighted by Crippen LogP contribution is -2.24. The fourth-order valence-electron chi connectivity index (χ4n) is 2.49. The molecule has 0 bridgehead atoms. The molecular weight excluding hydrogens is 285 g/mol. The summed E-state index contributed by atoms with van der Waals surface area (Å²) < 4.78 is 14.2. The smallest absolute Gasteiger partial charge is 0.146 e. The molecule has 0 aromatic heterocycles. The van der Waals surface area contributed by atoms with E-state index in [1.165, 1.54) is 16.7 Å². The molecule has 0 aliphatic rings. The summed E-state index contributed by atoms with van der Waals surface area (Å²) >= 11 is 5.90. The van der Waals surface area contributed by atoms with Gasteiger partial charge in [-0.15, -0.1) is 0 Å². The third-order valence-electron chi connectivity index (χ3n) is 3.82. The Bertz CT molecular complexity index is 625. The first-order chi connectivity index (χ1) is 10.0. The number of rotatable bonds is 5. The molecule has 112 valence electrons. The summed E-state index contributed by atoms with van der Waals surface area (Å²) in [6.45, 7) is 7.00. The molecule has 2 aromatic rings. The van der Waals surface area contributed by atoms with Crippen molar-refractivity contribution in [2.24, 2.45) is 0 Å². The summed E-state index contributed by atoms with van der Waals surface area (Å²) in [6.07, 6.45) is 0.742. The molecule has 2 aromatic carbocycles. The van der Waals surface area contributed by atoms with Gasteiger partial charge in [0, 0.05) is 11.6 Å². The van der Waals surface area contributed by atoms with Gasteiger partial charge in [0.25, 0.3) is 0 Å². The van der Waals surface area contributed by atoms with Gasteiger partial charge in [-0.2, -0.15) is 0 Å². The molecule has 3 heteroatoms. The highest BCUT2D eigenvalue weighted by atomic mass is 35.5. The topological polar surface area (TPSA) is 12.0 Å². The zero-order chi connectivity index (χ0) is 15.4. The summed E-state index contributed by atoms with van der Waals surface area (Å²) in [5, 5.41) is 3.53. The number of hydrogen-bond acceptors (Lipinski definition) is 1. The van der Waals surface area contributed by atoms with E-state index in [-0.39, 0.29) is 16.9 Å². The van der Waals surface area contributed by atoms with E-state index in [1.807, 2.05) is 6.92 Å². The monoisotopic (exact) mass is 305 g/mol. The normalized spacial score (nSPS) is 12.4. The maximum absolute atomic E-state index is 14.2. The first-order valence-electron chi connectivity index (χ1n) is 7.26. The van der Waals surface area contributed by atoms with Crippen molar-refractivity contribution in [3.8, 4) is 0 Å². The Morgan fingerprint density at radius 1 is 1.14 bits per heavy atom. The van der Waals surface area contributed by atoms with E-state index >= 15 is 0 Å². The van der Waals surface area contributed by atoms with Crippen LogP contribution >= 0.6 is 11.6 Å². The standard InChI is InChI=1S/C18H21ClFN/c1-4-21-17(15-6-5-7-16(19)18(15)20)11-14-9-8-12(2)13(3)10-14/h5-10,17,21H,4,11H2,1-3H3. The van der Waals surface area contributed by atoms with Gasteiger partial charge >= 0.3 is 0 Å². The Hall–Kier alpha value is -1.38. The van der Waals surface area contributed by atoms with E-state index in [4.69, 9.17) is 11.6 Å². The lowest BCUT2D eigenvalue weighted by molar-refractivity contribution is 0.510. The Kier molecular flexibility index (Phi) is 5.38. The Morgan fingerprint density at radius 3 is 2.57 bits per heavy atom. The highest BCUT2D eigenvalue weighted by Crippen LogP contribution is 2.26. The van der Waals surface area contributed by atoms with Crippen LogP contribution in [0.25, 0.3) is 0 Å². The highest BCUT2D eigenvalue weighted by molar-refractivity contribution is 6.30. The van der Waals surface area contributed by atoms with Crippen molar-refractivity contribution in [2.45, 2.75) is 33.2 Å². The zero-order valence-corrected chi connectivity index (χ0v) is 13.5. The lowest BCUT2D eigenvalue weighted by atomic mass is 9.96. The van der Waals surface area contributed by atoms with Crippen LogP contribution < -0.4 is 5.32 Å². The molecule has 1 atom stereocenters. The van der Waals surface area contributed by atoms with E-state index in [9.17, 15) is 4.39 Å². The molecule has 0 fully saturated rings. The molecule has 0 saturated heterocycles. The second-order valence-electron chi connectivity index (χ2n) is 5.38. The van der Waals surface area contributed by atoms with Gasteiger partial charge in [-0.25, -0.2) is 4.39 Å². The summed E-state index contributed by atoms with van der Waals surface area (Å²) in [5.41, 5.74) is 4.35. The van der Waals surface area contributed by atoms with E-state index in [2.05, 4.69) is 37.4 Å². The molecular formula is C18H21ClFN.